The molecule has 0 aromatic carbocycles. The van der Waals surface area contributed by atoms with Crippen LogP contribution in [0, 0.1) is 0 Å². The van der Waals surface area contributed by atoms with Gasteiger partial charge in [-0.15, -0.1) is 0 Å². The van der Waals surface area contributed by atoms with Crippen LogP contribution in [0.2, 0.25) is 0 Å². The standard InChI is InChI=1S/C23H24F3N7O3/c1-31-13-27-9-19(31)22(34)33-5-3-15(10-33)36-20-16-11-32(6-4-18(16)29-12-30-20)14-7-17(23(24,25)26)21(35-2)28-8-14/h7-9,12-13,15H,3-6,10-11H2,1-2H3/t15-/m0/s1. The number of ether oxygens (including phenoxy) is 2. The molecule has 0 unspecified atom stereocenters. The van der Waals surface area contributed by atoms with E-state index in [-0.39, 0.29) is 18.6 Å². The summed E-state index contributed by atoms with van der Waals surface area (Å²) in [4.78, 5) is 32.8. The van der Waals surface area contributed by atoms with E-state index in [2.05, 4.69) is 19.9 Å². The van der Waals surface area contributed by atoms with Crippen molar-refractivity contribution >= 4 is 11.6 Å². The van der Waals surface area contributed by atoms with Gasteiger partial charge in [-0.3, -0.25) is 4.79 Å². The lowest BCUT2D eigenvalue weighted by molar-refractivity contribution is -0.139. The molecule has 3 aromatic rings. The molecular formula is C23H24F3N7O3. The highest BCUT2D eigenvalue weighted by atomic mass is 19.4. The number of hydrogen-bond donors (Lipinski definition) is 0. The summed E-state index contributed by atoms with van der Waals surface area (Å²) in [6, 6.07) is 1.04. The van der Waals surface area contributed by atoms with E-state index in [1.807, 2.05) is 0 Å². The van der Waals surface area contributed by atoms with Crippen LogP contribution in [0.3, 0.4) is 0 Å². The Hall–Kier alpha value is -3.90. The molecule has 0 spiro atoms. The Labute approximate surface area is 204 Å². The molecule has 36 heavy (non-hydrogen) atoms. The van der Waals surface area contributed by atoms with Gasteiger partial charge in [0.05, 0.1) is 55.9 Å². The normalized spacial score (nSPS) is 17.8. The molecule has 0 aliphatic carbocycles. The van der Waals surface area contributed by atoms with Crippen molar-refractivity contribution in [2.45, 2.75) is 31.7 Å². The van der Waals surface area contributed by atoms with Crippen molar-refractivity contribution in [2.24, 2.45) is 7.05 Å². The average molecular weight is 503 g/mol. The summed E-state index contributed by atoms with van der Waals surface area (Å²) in [6.07, 6.45) is 2.17. The third-order valence-corrected chi connectivity index (χ3v) is 6.41. The first-order valence-corrected chi connectivity index (χ1v) is 11.4. The van der Waals surface area contributed by atoms with Crippen LogP contribution >= 0.6 is 0 Å². The van der Waals surface area contributed by atoms with E-state index in [1.165, 1.54) is 18.7 Å². The summed E-state index contributed by atoms with van der Waals surface area (Å²) in [6.45, 7) is 1.65. The molecule has 3 aromatic heterocycles. The third kappa shape index (κ3) is 4.52. The number of methoxy groups -OCH3 is 1. The molecule has 1 fully saturated rings. The molecule has 0 N–H and O–H groups in total. The van der Waals surface area contributed by atoms with E-state index in [4.69, 9.17) is 9.47 Å². The number of rotatable bonds is 5. The smallest absolute Gasteiger partial charge is 0.421 e. The molecule has 5 heterocycles. The molecule has 1 amide bonds. The van der Waals surface area contributed by atoms with E-state index in [1.54, 1.807) is 27.7 Å². The van der Waals surface area contributed by atoms with Crippen LogP contribution in [0.4, 0.5) is 18.9 Å². The quantitative estimate of drug-likeness (QED) is 0.524. The van der Waals surface area contributed by atoms with Crippen LogP contribution in [0.1, 0.15) is 33.7 Å². The van der Waals surface area contributed by atoms with Gasteiger partial charge in [0, 0.05) is 33.0 Å². The predicted molar refractivity (Wildman–Crippen MR) is 121 cm³/mol. The van der Waals surface area contributed by atoms with Crippen LogP contribution < -0.4 is 14.4 Å². The zero-order valence-electron chi connectivity index (χ0n) is 19.7. The largest absolute Gasteiger partial charge is 0.481 e. The summed E-state index contributed by atoms with van der Waals surface area (Å²) in [5.41, 5.74) is 1.38. The number of aromatic nitrogens is 5. The minimum atomic E-state index is -4.60. The summed E-state index contributed by atoms with van der Waals surface area (Å²) in [7, 11) is 2.92. The van der Waals surface area contributed by atoms with Crippen molar-refractivity contribution < 1.29 is 27.4 Å². The average Bonchev–Trinajstić information content (AvgIpc) is 3.51. The Morgan fingerprint density at radius 3 is 2.69 bits per heavy atom. The van der Waals surface area contributed by atoms with Gasteiger partial charge in [-0.2, -0.15) is 13.2 Å². The predicted octanol–water partition coefficient (Wildman–Crippen LogP) is 2.49. The van der Waals surface area contributed by atoms with Crippen molar-refractivity contribution in [3.8, 4) is 11.8 Å². The van der Waals surface area contributed by atoms with Crippen molar-refractivity contribution in [1.82, 2.24) is 29.4 Å². The molecule has 0 saturated carbocycles. The number of carbonyl (C=O) groups is 1. The second-order valence-electron chi connectivity index (χ2n) is 8.69. The van der Waals surface area contributed by atoms with Crippen LogP contribution in [-0.4, -0.2) is 68.2 Å². The molecule has 5 rings (SSSR count). The summed E-state index contributed by atoms with van der Waals surface area (Å²) >= 11 is 0. The molecule has 1 saturated heterocycles. The molecule has 0 radical (unpaired) electrons. The molecule has 10 nitrogen and oxygen atoms in total. The zero-order valence-corrected chi connectivity index (χ0v) is 19.7. The Bertz CT molecular complexity index is 1280. The van der Waals surface area contributed by atoms with Gasteiger partial charge in [-0.1, -0.05) is 0 Å². The van der Waals surface area contributed by atoms with Gasteiger partial charge in [0.15, 0.2) is 0 Å². The van der Waals surface area contributed by atoms with E-state index in [0.29, 0.717) is 55.3 Å². The van der Waals surface area contributed by atoms with Crippen LogP contribution in [0.15, 0.2) is 31.1 Å². The number of pyridine rings is 1. The maximum absolute atomic E-state index is 13.5. The number of hydrogen-bond acceptors (Lipinski definition) is 8. The van der Waals surface area contributed by atoms with Gasteiger partial charge < -0.3 is 23.8 Å². The summed E-state index contributed by atoms with van der Waals surface area (Å²) in [5.74, 6) is -0.214. The van der Waals surface area contributed by atoms with Gasteiger partial charge in [-0.25, -0.2) is 19.9 Å². The summed E-state index contributed by atoms with van der Waals surface area (Å²) < 4.78 is 53.2. The number of aryl methyl sites for hydroxylation is 1. The number of nitrogens with zero attached hydrogens (tertiary/aromatic N) is 7. The molecule has 190 valence electrons. The van der Waals surface area contributed by atoms with Gasteiger partial charge in [-0.05, 0) is 6.07 Å². The monoisotopic (exact) mass is 503 g/mol. The lowest BCUT2D eigenvalue weighted by Gasteiger charge is -2.31. The van der Waals surface area contributed by atoms with Gasteiger partial charge in [0.2, 0.25) is 11.8 Å². The number of amides is 1. The number of fused-ring (bicyclic) bond motifs is 1. The summed E-state index contributed by atoms with van der Waals surface area (Å²) in [5, 5.41) is 0. The van der Waals surface area contributed by atoms with E-state index in [9.17, 15) is 18.0 Å². The van der Waals surface area contributed by atoms with Crippen molar-refractivity contribution in [3.63, 3.8) is 0 Å². The fourth-order valence-electron chi connectivity index (χ4n) is 4.51. The molecule has 2 aliphatic heterocycles. The lowest BCUT2D eigenvalue weighted by atomic mass is 10.1. The Kier molecular flexibility index (Phi) is 6.14. The topological polar surface area (TPSA) is 98.5 Å². The van der Waals surface area contributed by atoms with Gasteiger partial charge >= 0.3 is 6.18 Å². The highest BCUT2D eigenvalue weighted by molar-refractivity contribution is 5.92. The Balaban J connectivity index is 1.33. The van der Waals surface area contributed by atoms with Gasteiger partial charge in [0.25, 0.3) is 5.91 Å². The van der Waals surface area contributed by atoms with Crippen LogP contribution in [-0.2, 0) is 26.2 Å². The molecule has 1 atom stereocenters. The molecule has 2 aliphatic rings. The third-order valence-electron chi connectivity index (χ3n) is 6.41. The lowest BCUT2D eigenvalue weighted by Crippen LogP contribution is -2.34. The minimum absolute atomic E-state index is 0.121. The highest BCUT2D eigenvalue weighted by Gasteiger charge is 2.37. The van der Waals surface area contributed by atoms with Gasteiger partial charge in [0.1, 0.15) is 23.7 Å². The molecular weight excluding hydrogens is 479 g/mol. The molecule has 0 bridgehead atoms. The first-order valence-electron chi connectivity index (χ1n) is 11.4. The molecule has 13 heteroatoms. The number of carbonyl (C=O) groups excluding carboxylic acids is 1. The van der Waals surface area contributed by atoms with Crippen molar-refractivity contribution in [2.75, 3.05) is 31.6 Å². The minimum Gasteiger partial charge on any atom is -0.481 e. The number of likely N-dealkylation sites (tertiary alicyclic amines) is 1. The maximum Gasteiger partial charge on any atom is 0.421 e. The SMILES string of the molecule is COc1ncc(N2CCc3ncnc(O[C@H]4CCN(C(=O)c5cncn5C)C4)c3C2)cc1C(F)(F)F. The highest BCUT2D eigenvalue weighted by Crippen LogP contribution is 2.38. The van der Waals surface area contributed by atoms with E-state index in [0.717, 1.165) is 18.9 Å². The van der Waals surface area contributed by atoms with E-state index < -0.39 is 17.6 Å². The number of alkyl halides is 3. The number of imidazole rings is 1. The Morgan fingerprint density at radius 2 is 1.97 bits per heavy atom. The van der Waals surface area contributed by atoms with E-state index >= 15 is 0 Å². The second kappa shape index (κ2) is 9.28. The fourth-order valence-corrected chi connectivity index (χ4v) is 4.51. The maximum atomic E-state index is 13.5. The van der Waals surface area contributed by atoms with Crippen LogP contribution in [0.25, 0.3) is 0 Å². The Morgan fingerprint density at radius 1 is 1.14 bits per heavy atom. The number of anilines is 1. The van der Waals surface area contributed by atoms with Crippen molar-refractivity contribution in [1.29, 1.82) is 0 Å². The first-order chi connectivity index (χ1) is 17.2. The zero-order chi connectivity index (χ0) is 25.4. The van der Waals surface area contributed by atoms with Crippen LogP contribution in [0.5, 0.6) is 11.8 Å². The number of halogens is 3. The second-order valence-corrected chi connectivity index (χ2v) is 8.69. The fraction of sp³-hybridized carbons (Fsp3) is 0.435. The first kappa shape index (κ1) is 23.8. The van der Waals surface area contributed by atoms with Crippen molar-refractivity contribution in [3.05, 3.63) is 53.6 Å².